The zero-order chi connectivity index (χ0) is 17.6. The molecule has 3 N–H and O–H groups in total. The van der Waals surface area contributed by atoms with Crippen LogP contribution in [0.25, 0.3) is 0 Å². The van der Waals surface area contributed by atoms with Gasteiger partial charge < -0.3 is 11.1 Å². The second-order valence-electron chi connectivity index (χ2n) is 6.40. The van der Waals surface area contributed by atoms with Crippen LogP contribution >= 0.6 is 12.4 Å². The Bertz CT molecular complexity index is 642. The summed E-state index contributed by atoms with van der Waals surface area (Å²) in [6, 6.07) is 6.75. The van der Waals surface area contributed by atoms with E-state index in [-0.39, 0.29) is 24.4 Å². The minimum Gasteiger partial charge on any atom is -0.352 e. The minimum absolute atomic E-state index is 0. The van der Waals surface area contributed by atoms with Crippen molar-refractivity contribution in [2.75, 3.05) is 13.1 Å². The lowest BCUT2D eigenvalue weighted by molar-refractivity contribution is -0.121. The van der Waals surface area contributed by atoms with Crippen molar-refractivity contribution in [1.29, 1.82) is 0 Å². The first kappa shape index (κ1) is 21.9. The Hall–Kier alpha value is -1.15. The Labute approximate surface area is 156 Å². The molecule has 6 nitrogen and oxygen atoms in total. The molecule has 0 aromatic heterocycles. The molecule has 25 heavy (non-hydrogen) atoms. The van der Waals surface area contributed by atoms with Gasteiger partial charge in [-0.2, -0.15) is 4.31 Å². The zero-order valence-electron chi connectivity index (χ0n) is 14.6. The summed E-state index contributed by atoms with van der Waals surface area (Å²) >= 11 is 0. The van der Waals surface area contributed by atoms with Crippen molar-refractivity contribution in [2.24, 2.45) is 5.73 Å². The normalized spacial score (nSPS) is 16.7. The summed E-state index contributed by atoms with van der Waals surface area (Å²) < 4.78 is 26.7. The second-order valence-corrected chi connectivity index (χ2v) is 8.34. The molecule has 1 aliphatic rings. The van der Waals surface area contributed by atoms with Crippen LogP contribution in [0.3, 0.4) is 0 Å². The van der Waals surface area contributed by atoms with E-state index in [1.807, 2.05) is 6.92 Å². The zero-order valence-corrected chi connectivity index (χ0v) is 16.2. The van der Waals surface area contributed by atoms with Gasteiger partial charge in [-0.25, -0.2) is 8.42 Å². The maximum Gasteiger partial charge on any atom is 0.243 e. The van der Waals surface area contributed by atoms with Crippen molar-refractivity contribution < 1.29 is 13.2 Å². The highest BCUT2D eigenvalue weighted by molar-refractivity contribution is 7.89. The number of nitrogens with one attached hydrogen (secondary N) is 1. The first-order valence-electron chi connectivity index (χ1n) is 8.51. The molecule has 0 radical (unpaired) electrons. The van der Waals surface area contributed by atoms with Gasteiger partial charge >= 0.3 is 0 Å². The third kappa shape index (κ3) is 6.58. The van der Waals surface area contributed by atoms with Gasteiger partial charge in [0.1, 0.15) is 0 Å². The van der Waals surface area contributed by atoms with Crippen LogP contribution in [-0.2, 0) is 21.4 Å². The van der Waals surface area contributed by atoms with Crippen LogP contribution in [0.15, 0.2) is 29.2 Å². The van der Waals surface area contributed by atoms with E-state index in [2.05, 4.69) is 5.32 Å². The van der Waals surface area contributed by atoms with Crippen molar-refractivity contribution >= 4 is 28.3 Å². The van der Waals surface area contributed by atoms with E-state index in [9.17, 15) is 13.2 Å². The fourth-order valence-corrected chi connectivity index (χ4v) is 4.20. The van der Waals surface area contributed by atoms with Crippen LogP contribution in [0.1, 0.15) is 44.6 Å². The molecular weight excluding hydrogens is 362 g/mol. The Morgan fingerprint density at radius 2 is 1.80 bits per heavy atom. The molecule has 1 fully saturated rings. The van der Waals surface area contributed by atoms with Gasteiger partial charge in [0.25, 0.3) is 0 Å². The number of hydrogen-bond acceptors (Lipinski definition) is 4. The molecule has 0 aliphatic carbocycles. The summed E-state index contributed by atoms with van der Waals surface area (Å²) in [6.07, 6.45) is 3.99. The smallest absolute Gasteiger partial charge is 0.243 e. The van der Waals surface area contributed by atoms with Gasteiger partial charge in [-0.1, -0.05) is 18.6 Å². The molecule has 2 rings (SSSR count). The first-order valence-corrected chi connectivity index (χ1v) is 9.95. The maximum absolute atomic E-state index is 12.6. The Morgan fingerprint density at radius 3 is 2.36 bits per heavy atom. The van der Waals surface area contributed by atoms with Gasteiger partial charge in [0.2, 0.25) is 15.9 Å². The highest BCUT2D eigenvalue weighted by Crippen LogP contribution is 2.20. The molecule has 8 heteroatoms. The lowest BCUT2D eigenvalue weighted by atomic mass is 10.2. The van der Waals surface area contributed by atoms with Crippen molar-refractivity contribution in [2.45, 2.75) is 56.5 Å². The molecule has 1 aromatic rings. The molecule has 1 aliphatic heterocycles. The molecule has 1 unspecified atom stereocenters. The largest absolute Gasteiger partial charge is 0.352 e. The highest BCUT2D eigenvalue weighted by atomic mass is 35.5. The summed E-state index contributed by atoms with van der Waals surface area (Å²) in [5, 5.41) is 2.82. The minimum atomic E-state index is -3.40. The van der Waals surface area contributed by atoms with E-state index in [1.54, 1.807) is 28.6 Å². The third-order valence-electron chi connectivity index (χ3n) is 4.19. The molecule has 0 spiro atoms. The first-order chi connectivity index (χ1) is 11.4. The van der Waals surface area contributed by atoms with Gasteiger partial charge in [-0.05, 0) is 43.9 Å². The number of amides is 1. The van der Waals surface area contributed by atoms with Crippen molar-refractivity contribution in [3.8, 4) is 0 Å². The third-order valence-corrected chi connectivity index (χ3v) is 6.11. The second kappa shape index (κ2) is 10.1. The monoisotopic (exact) mass is 389 g/mol. The van der Waals surface area contributed by atoms with Crippen LogP contribution in [0.5, 0.6) is 0 Å². The number of sulfonamides is 1. The number of nitrogens with two attached hydrogens (primary N) is 1. The number of carbonyl (C=O) groups is 1. The summed E-state index contributed by atoms with van der Waals surface area (Å²) in [4.78, 5) is 12.0. The van der Waals surface area contributed by atoms with Crippen LogP contribution < -0.4 is 11.1 Å². The van der Waals surface area contributed by atoms with Gasteiger partial charge in [-0.3, -0.25) is 4.79 Å². The van der Waals surface area contributed by atoms with Gasteiger partial charge in [0, 0.05) is 32.1 Å². The number of nitrogens with zero attached hydrogens (tertiary/aromatic N) is 1. The number of piperidine rings is 1. The van der Waals surface area contributed by atoms with Crippen LogP contribution in [0, 0.1) is 0 Å². The number of carbonyl (C=O) groups excluding carboxylic acids is 1. The SMILES string of the molecule is CC(N)CCC(=O)NCc1ccc(S(=O)(=O)N2CCCCC2)cc1.Cl. The highest BCUT2D eigenvalue weighted by Gasteiger charge is 2.25. The Kier molecular flexibility index (Phi) is 8.85. The van der Waals surface area contributed by atoms with Gasteiger partial charge in [0.05, 0.1) is 4.90 Å². The predicted octanol–water partition coefficient (Wildman–Crippen LogP) is 2.03. The van der Waals surface area contributed by atoms with Gasteiger partial charge in [0.15, 0.2) is 0 Å². The number of hydrogen-bond donors (Lipinski definition) is 2. The van der Waals surface area contributed by atoms with Crippen molar-refractivity contribution in [3.63, 3.8) is 0 Å². The van der Waals surface area contributed by atoms with E-state index in [4.69, 9.17) is 5.73 Å². The van der Waals surface area contributed by atoms with Crippen molar-refractivity contribution in [3.05, 3.63) is 29.8 Å². The lowest BCUT2D eigenvalue weighted by Gasteiger charge is -2.25. The standard InChI is InChI=1S/C17H27N3O3S.ClH/c1-14(18)5-10-17(21)19-13-15-6-8-16(9-7-15)24(22,23)20-11-3-2-4-12-20;/h6-9,14H,2-5,10-13,18H2,1H3,(H,19,21);1H. The van der Waals surface area contributed by atoms with E-state index in [1.165, 1.54) is 0 Å². The maximum atomic E-state index is 12.6. The fraction of sp³-hybridized carbons (Fsp3) is 0.588. The average Bonchev–Trinajstić information content (AvgIpc) is 2.59. The topological polar surface area (TPSA) is 92.5 Å². The van der Waals surface area contributed by atoms with E-state index in [0.29, 0.717) is 37.4 Å². The molecule has 1 amide bonds. The Balaban J connectivity index is 0.00000312. The Morgan fingerprint density at radius 1 is 1.20 bits per heavy atom. The quantitative estimate of drug-likeness (QED) is 0.746. The summed E-state index contributed by atoms with van der Waals surface area (Å²) in [6.45, 7) is 3.45. The van der Waals surface area contributed by atoms with Crippen LogP contribution in [0.4, 0.5) is 0 Å². The van der Waals surface area contributed by atoms with E-state index < -0.39 is 10.0 Å². The molecule has 1 atom stereocenters. The van der Waals surface area contributed by atoms with Crippen LogP contribution in [-0.4, -0.2) is 37.8 Å². The van der Waals surface area contributed by atoms with Gasteiger partial charge in [-0.15, -0.1) is 12.4 Å². The number of halogens is 1. The lowest BCUT2D eigenvalue weighted by Crippen LogP contribution is -2.35. The summed E-state index contributed by atoms with van der Waals surface area (Å²) in [5.74, 6) is -0.0442. The predicted molar refractivity (Wildman–Crippen MR) is 101 cm³/mol. The van der Waals surface area contributed by atoms with Crippen molar-refractivity contribution in [1.82, 2.24) is 9.62 Å². The molecule has 1 aromatic carbocycles. The molecular formula is C17H28ClN3O3S. The molecule has 0 saturated carbocycles. The summed E-state index contributed by atoms with van der Waals surface area (Å²) in [5.41, 5.74) is 6.50. The fourth-order valence-electron chi connectivity index (χ4n) is 2.68. The summed E-state index contributed by atoms with van der Waals surface area (Å²) in [7, 11) is -3.40. The molecule has 1 saturated heterocycles. The number of benzene rings is 1. The van der Waals surface area contributed by atoms with Crippen LogP contribution in [0.2, 0.25) is 0 Å². The molecule has 0 bridgehead atoms. The van der Waals surface area contributed by atoms with E-state index in [0.717, 1.165) is 24.8 Å². The average molecular weight is 390 g/mol. The number of rotatable bonds is 7. The van der Waals surface area contributed by atoms with E-state index >= 15 is 0 Å². The molecule has 1 heterocycles. The molecule has 142 valence electrons.